The topological polar surface area (TPSA) is 52.7 Å². The number of halogens is 2. The molecule has 5 rings (SSSR count). The van der Waals surface area contributed by atoms with Crippen LogP contribution in [0.3, 0.4) is 0 Å². The number of hydrogen-bond acceptors (Lipinski definition) is 4. The highest BCUT2D eigenvalue weighted by Crippen LogP contribution is 2.56. The van der Waals surface area contributed by atoms with Gasteiger partial charge in [0.1, 0.15) is 5.78 Å². The van der Waals surface area contributed by atoms with Crippen molar-refractivity contribution < 1.29 is 18.4 Å². The lowest BCUT2D eigenvalue weighted by atomic mass is 9.80. The van der Waals surface area contributed by atoms with E-state index in [1.165, 1.54) is 11.6 Å². The van der Waals surface area contributed by atoms with Gasteiger partial charge in [-0.25, -0.2) is 8.78 Å². The average Bonchev–Trinajstić information content (AvgIpc) is 3.72. The Kier molecular flexibility index (Phi) is 8.39. The summed E-state index contributed by atoms with van der Waals surface area (Å²) in [6, 6.07) is 23.8. The molecule has 0 aromatic heterocycles. The lowest BCUT2D eigenvalue weighted by Crippen LogP contribution is -2.52. The van der Waals surface area contributed by atoms with Crippen molar-refractivity contribution in [2.75, 3.05) is 33.2 Å². The molecule has 1 saturated heterocycles. The van der Waals surface area contributed by atoms with Gasteiger partial charge in [-0.2, -0.15) is 0 Å². The Morgan fingerprint density at radius 3 is 2.20 bits per heavy atom. The molecule has 2 fully saturated rings. The largest absolute Gasteiger partial charge is 0.338 e. The molecule has 1 saturated carbocycles. The van der Waals surface area contributed by atoms with E-state index < -0.39 is 17.0 Å². The number of ketones is 1. The van der Waals surface area contributed by atoms with E-state index in [2.05, 4.69) is 22.3 Å². The van der Waals surface area contributed by atoms with E-state index in [1.54, 1.807) is 24.9 Å². The molecular weight excluding hydrogens is 520 g/mol. The fourth-order valence-corrected chi connectivity index (χ4v) is 6.56. The Labute approximate surface area is 241 Å². The number of carbonyl (C=O) groups is 2. The third-order valence-electron chi connectivity index (χ3n) is 9.30. The van der Waals surface area contributed by atoms with Crippen LogP contribution in [0.5, 0.6) is 0 Å². The molecule has 2 aliphatic rings. The summed E-state index contributed by atoms with van der Waals surface area (Å²) in [5, 5.41) is 3.54. The molecule has 1 N–H and O–H groups in total. The normalized spacial score (nSPS) is 22.6. The molecular formula is C34H39F2N3O2. The number of rotatable bonds is 10. The summed E-state index contributed by atoms with van der Waals surface area (Å²) in [6.45, 7) is 6.19. The van der Waals surface area contributed by atoms with Gasteiger partial charge >= 0.3 is 0 Å². The van der Waals surface area contributed by atoms with E-state index in [4.69, 9.17) is 0 Å². The van der Waals surface area contributed by atoms with Gasteiger partial charge in [0.25, 0.3) is 0 Å². The van der Waals surface area contributed by atoms with Gasteiger partial charge in [-0.05, 0) is 67.9 Å². The molecule has 3 atom stereocenters. The van der Waals surface area contributed by atoms with E-state index in [0.29, 0.717) is 25.1 Å². The predicted molar refractivity (Wildman–Crippen MR) is 156 cm³/mol. The summed E-state index contributed by atoms with van der Waals surface area (Å²) >= 11 is 0. The molecule has 0 radical (unpaired) electrons. The highest BCUT2D eigenvalue weighted by atomic mass is 19.2. The number of benzene rings is 3. The lowest BCUT2D eigenvalue weighted by Gasteiger charge is -2.43. The number of hydrogen-bond donors (Lipinski definition) is 1. The first-order valence-corrected chi connectivity index (χ1v) is 14.5. The molecule has 3 aromatic rings. The molecule has 7 heteroatoms. The van der Waals surface area contributed by atoms with Crippen LogP contribution in [0.15, 0.2) is 78.9 Å². The quantitative estimate of drug-likeness (QED) is 0.351. The van der Waals surface area contributed by atoms with Gasteiger partial charge in [-0.3, -0.25) is 9.59 Å². The van der Waals surface area contributed by atoms with Crippen molar-refractivity contribution in [2.24, 2.45) is 5.92 Å². The highest BCUT2D eigenvalue weighted by molar-refractivity contribution is 5.92. The second-order valence-corrected chi connectivity index (χ2v) is 11.8. The molecule has 0 unspecified atom stereocenters. The summed E-state index contributed by atoms with van der Waals surface area (Å²) in [4.78, 5) is 30.1. The smallest absolute Gasteiger partial charge is 0.233 e. The first-order valence-electron chi connectivity index (χ1n) is 14.5. The Hall–Kier alpha value is -3.42. The van der Waals surface area contributed by atoms with Crippen molar-refractivity contribution in [1.29, 1.82) is 0 Å². The Morgan fingerprint density at radius 1 is 0.951 bits per heavy atom. The molecule has 1 aliphatic heterocycles. The van der Waals surface area contributed by atoms with Crippen molar-refractivity contribution in [1.82, 2.24) is 15.1 Å². The van der Waals surface area contributed by atoms with Crippen molar-refractivity contribution in [2.45, 2.75) is 50.1 Å². The minimum absolute atomic E-state index is 0.0142. The van der Waals surface area contributed by atoms with Gasteiger partial charge in [0.2, 0.25) is 5.91 Å². The van der Waals surface area contributed by atoms with E-state index >= 15 is 0 Å². The molecule has 1 aliphatic carbocycles. The minimum Gasteiger partial charge on any atom is -0.338 e. The molecule has 5 nitrogen and oxygen atoms in total. The van der Waals surface area contributed by atoms with Crippen molar-refractivity contribution in [3.8, 4) is 0 Å². The van der Waals surface area contributed by atoms with Gasteiger partial charge < -0.3 is 15.1 Å². The Morgan fingerprint density at radius 2 is 1.59 bits per heavy atom. The fourth-order valence-electron chi connectivity index (χ4n) is 6.56. The van der Waals surface area contributed by atoms with Crippen LogP contribution in [-0.4, -0.2) is 54.7 Å². The SMILES string of the molecule is CC(=O)CNC1(c2ccccc2)CCN(C[C@@H]2C[C@@]2(C(=O)N(C)[C@@H](C)c2ccccc2)c2ccc(F)c(F)c2)CC1. The first-order chi connectivity index (χ1) is 19.7. The number of nitrogens with one attached hydrogen (secondary N) is 1. The summed E-state index contributed by atoms with van der Waals surface area (Å²) in [7, 11) is 1.80. The van der Waals surface area contributed by atoms with Crippen LogP contribution in [0.4, 0.5) is 8.78 Å². The highest BCUT2D eigenvalue weighted by Gasteiger charge is 2.62. The zero-order valence-corrected chi connectivity index (χ0v) is 24.1. The Bertz CT molecular complexity index is 1380. The average molecular weight is 560 g/mol. The third kappa shape index (κ3) is 5.84. The van der Waals surface area contributed by atoms with Crippen LogP contribution < -0.4 is 5.32 Å². The summed E-state index contributed by atoms with van der Waals surface area (Å²) in [6.07, 6.45) is 2.24. The maximum absolute atomic E-state index is 14.4. The zero-order valence-electron chi connectivity index (χ0n) is 24.1. The number of Topliss-reactive ketones (excluding diaryl/α,β-unsaturated/α-hetero) is 1. The third-order valence-corrected chi connectivity index (χ3v) is 9.30. The van der Waals surface area contributed by atoms with Crippen LogP contribution in [0.1, 0.15) is 55.8 Å². The number of amides is 1. The maximum atomic E-state index is 14.4. The van der Waals surface area contributed by atoms with E-state index in [9.17, 15) is 18.4 Å². The molecule has 1 amide bonds. The van der Waals surface area contributed by atoms with E-state index in [1.807, 2.05) is 55.5 Å². The van der Waals surface area contributed by atoms with Crippen molar-refractivity contribution in [3.63, 3.8) is 0 Å². The molecule has 1 heterocycles. The number of piperidine rings is 1. The Balaban J connectivity index is 1.35. The molecule has 216 valence electrons. The van der Waals surface area contributed by atoms with Gasteiger partial charge in [0.05, 0.1) is 18.0 Å². The maximum Gasteiger partial charge on any atom is 0.233 e. The van der Waals surface area contributed by atoms with Gasteiger partial charge in [-0.15, -0.1) is 0 Å². The number of nitrogens with zero attached hydrogens (tertiary/aromatic N) is 2. The standard InChI is InChI=1S/C34H39F2N3O2/c1-24(40)22-37-33(27-12-8-5-9-13-27)16-18-39(19-17-33)23-29-21-34(29,28-14-15-30(35)31(36)20-28)32(41)38(3)25(2)26-10-6-4-7-11-26/h4-15,20,25,29,37H,16-19,21-23H2,1-3H3/t25-,29-,34+/m0/s1. The van der Waals surface area contributed by atoms with E-state index in [-0.39, 0.29) is 29.2 Å². The van der Waals surface area contributed by atoms with Gasteiger partial charge in [-0.1, -0.05) is 66.7 Å². The van der Waals surface area contributed by atoms with Gasteiger partial charge in [0, 0.05) is 32.2 Å². The first kappa shape index (κ1) is 29.1. The van der Waals surface area contributed by atoms with Crippen LogP contribution in [0.2, 0.25) is 0 Å². The van der Waals surface area contributed by atoms with Crippen molar-refractivity contribution >= 4 is 11.7 Å². The summed E-state index contributed by atoms with van der Waals surface area (Å²) in [5.41, 5.74) is 1.55. The second-order valence-electron chi connectivity index (χ2n) is 11.8. The number of likely N-dealkylation sites (tertiary alicyclic amines) is 1. The van der Waals surface area contributed by atoms with Gasteiger partial charge in [0.15, 0.2) is 11.6 Å². The monoisotopic (exact) mass is 559 g/mol. The van der Waals surface area contributed by atoms with Crippen LogP contribution in [-0.2, 0) is 20.5 Å². The molecule has 3 aromatic carbocycles. The number of likely N-dealkylation sites (N-methyl/N-ethyl adjacent to an activating group) is 1. The predicted octanol–water partition coefficient (Wildman–Crippen LogP) is 5.61. The van der Waals surface area contributed by atoms with Crippen molar-refractivity contribution in [3.05, 3.63) is 107 Å². The lowest BCUT2D eigenvalue weighted by molar-refractivity contribution is -0.135. The molecule has 41 heavy (non-hydrogen) atoms. The minimum atomic E-state index is -0.929. The zero-order chi connectivity index (χ0) is 29.2. The van der Waals surface area contributed by atoms with E-state index in [0.717, 1.165) is 37.6 Å². The van der Waals surface area contributed by atoms with Crippen LogP contribution in [0.25, 0.3) is 0 Å². The molecule has 0 spiro atoms. The molecule has 0 bridgehead atoms. The second kappa shape index (κ2) is 11.8. The summed E-state index contributed by atoms with van der Waals surface area (Å²) < 4.78 is 28.4. The van der Waals surface area contributed by atoms with Crippen LogP contribution >= 0.6 is 0 Å². The van der Waals surface area contributed by atoms with Crippen LogP contribution in [0, 0.1) is 17.6 Å². The fraction of sp³-hybridized carbons (Fsp3) is 0.412. The summed E-state index contributed by atoms with van der Waals surface area (Å²) in [5.74, 6) is -1.82. The number of carbonyl (C=O) groups excluding carboxylic acids is 2.